The van der Waals surface area contributed by atoms with E-state index < -0.39 is 28.2 Å². The van der Waals surface area contributed by atoms with Crippen molar-refractivity contribution in [1.82, 2.24) is 0 Å². The molecule has 23 heavy (non-hydrogen) atoms. The Morgan fingerprint density at radius 3 is 2.22 bits per heavy atom. The molecular formula is C15H15NO7. The zero-order valence-electron chi connectivity index (χ0n) is 12.6. The van der Waals surface area contributed by atoms with E-state index in [2.05, 4.69) is 4.74 Å². The summed E-state index contributed by atoms with van der Waals surface area (Å²) in [6.45, 7) is 2.95. The van der Waals surface area contributed by atoms with Crippen LogP contribution in [0, 0.1) is 10.1 Å². The van der Waals surface area contributed by atoms with Crippen molar-refractivity contribution >= 4 is 29.5 Å². The normalized spacial score (nSPS) is 10.8. The van der Waals surface area contributed by atoms with E-state index in [1.54, 1.807) is 0 Å². The standard InChI is InChI=1S/C15H15NO7/c1-3-22-14(18)11(13(17)15(19)23-4-2)9-10-7-5-6-8-12(10)16(20)21/h5-9H,3-4H2,1-2H3. The monoisotopic (exact) mass is 321 g/mol. The van der Waals surface area contributed by atoms with Crippen LogP contribution in [0.25, 0.3) is 6.08 Å². The van der Waals surface area contributed by atoms with Gasteiger partial charge < -0.3 is 9.47 Å². The lowest BCUT2D eigenvalue weighted by Crippen LogP contribution is -2.25. The van der Waals surface area contributed by atoms with Crippen LogP contribution in [-0.4, -0.2) is 35.9 Å². The number of para-hydroxylation sites is 1. The quantitative estimate of drug-likeness (QED) is 0.143. The number of hydrogen-bond acceptors (Lipinski definition) is 7. The highest BCUT2D eigenvalue weighted by Crippen LogP contribution is 2.21. The van der Waals surface area contributed by atoms with Crippen LogP contribution in [0.3, 0.4) is 0 Å². The van der Waals surface area contributed by atoms with E-state index >= 15 is 0 Å². The Labute approximate surface area is 131 Å². The molecule has 0 atom stereocenters. The smallest absolute Gasteiger partial charge is 0.379 e. The fourth-order valence-corrected chi connectivity index (χ4v) is 1.66. The Hall–Kier alpha value is -3.03. The van der Waals surface area contributed by atoms with Gasteiger partial charge in [-0.25, -0.2) is 9.59 Å². The Kier molecular flexibility index (Phi) is 6.60. The Bertz CT molecular complexity index is 664. The first-order valence-electron chi connectivity index (χ1n) is 6.76. The summed E-state index contributed by atoms with van der Waals surface area (Å²) >= 11 is 0. The van der Waals surface area contributed by atoms with Crippen LogP contribution in [0.15, 0.2) is 29.8 Å². The molecule has 0 aliphatic rings. The molecule has 0 radical (unpaired) electrons. The lowest BCUT2D eigenvalue weighted by atomic mass is 10.1. The first-order valence-corrected chi connectivity index (χ1v) is 6.76. The number of carbonyl (C=O) groups is 3. The highest BCUT2D eigenvalue weighted by Gasteiger charge is 2.28. The third-order valence-electron chi connectivity index (χ3n) is 2.63. The third-order valence-corrected chi connectivity index (χ3v) is 2.63. The minimum absolute atomic E-state index is 0.00167. The van der Waals surface area contributed by atoms with Crippen LogP contribution in [0.4, 0.5) is 5.69 Å². The van der Waals surface area contributed by atoms with Gasteiger partial charge in [-0.2, -0.15) is 0 Å². The highest BCUT2D eigenvalue weighted by molar-refractivity contribution is 6.47. The second kappa shape index (κ2) is 8.42. The molecule has 0 bridgehead atoms. The van der Waals surface area contributed by atoms with E-state index in [4.69, 9.17) is 4.74 Å². The summed E-state index contributed by atoms with van der Waals surface area (Å²) in [4.78, 5) is 45.8. The van der Waals surface area contributed by atoms with Crippen molar-refractivity contribution in [2.75, 3.05) is 13.2 Å². The molecule has 0 spiro atoms. The molecule has 8 nitrogen and oxygen atoms in total. The van der Waals surface area contributed by atoms with E-state index in [1.165, 1.54) is 38.1 Å². The molecule has 0 saturated heterocycles. The number of ketones is 1. The second-order valence-corrected chi connectivity index (χ2v) is 4.14. The van der Waals surface area contributed by atoms with E-state index in [1.807, 2.05) is 0 Å². The maximum absolute atomic E-state index is 12.0. The number of ether oxygens (including phenoxy) is 2. The summed E-state index contributed by atoms with van der Waals surface area (Å²) in [7, 11) is 0. The first-order chi connectivity index (χ1) is 10.9. The van der Waals surface area contributed by atoms with Crippen LogP contribution in [0.2, 0.25) is 0 Å². The zero-order valence-corrected chi connectivity index (χ0v) is 12.6. The number of hydrogen-bond donors (Lipinski definition) is 0. The molecule has 0 amide bonds. The van der Waals surface area contributed by atoms with E-state index in [-0.39, 0.29) is 24.5 Å². The zero-order chi connectivity index (χ0) is 17.4. The molecule has 1 rings (SSSR count). The molecule has 0 unspecified atom stereocenters. The highest BCUT2D eigenvalue weighted by atomic mass is 16.6. The fraction of sp³-hybridized carbons (Fsp3) is 0.267. The number of esters is 2. The van der Waals surface area contributed by atoms with Crippen molar-refractivity contribution in [3.8, 4) is 0 Å². The van der Waals surface area contributed by atoms with Crippen LogP contribution >= 0.6 is 0 Å². The summed E-state index contributed by atoms with van der Waals surface area (Å²) in [5.74, 6) is -3.50. The van der Waals surface area contributed by atoms with Gasteiger partial charge in [-0.1, -0.05) is 12.1 Å². The Morgan fingerprint density at radius 1 is 1.09 bits per heavy atom. The average Bonchev–Trinajstić information content (AvgIpc) is 2.52. The van der Waals surface area contributed by atoms with Crippen molar-refractivity contribution in [2.45, 2.75) is 13.8 Å². The van der Waals surface area contributed by atoms with Crippen molar-refractivity contribution in [3.63, 3.8) is 0 Å². The lowest BCUT2D eigenvalue weighted by molar-refractivity contribution is -0.385. The van der Waals surface area contributed by atoms with Crippen LogP contribution in [0.5, 0.6) is 0 Å². The number of Topliss-reactive ketones (excluding diaryl/α,β-unsaturated/α-hetero) is 1. The van der Waals surface area contributed by atoms with Crippen molar-refractivity contribution < 1.29 is 28.8 Å². The SMILES string of the molecule is CCOC(=O)C(=O)C(=Cc1ccccc1[N+](=O)[O-])C(=O)OCC. The van der Waals surface area contributed by atoms with Crippen LogP contribution in [0.1, 0.15) is 19.4 Å². The number of carbonyl (C=O) groups excluding carboxylic acids is 3. The van der Waals surface area contributed by atoms with Gasteiger partial charge in [0.05, 0.1) is 23.7 Å². The van der Waals surface area contributed by atoms with Gasteiger partial charge in [-0.05, 0) is 26.0 Å². The molecule has 0 fully saturated rings. The third kappa shape index (κ3) is 4.73. The largest absolute Gasteiger partial charge is 0.462 e. The van der Waals surface area contributed by atoms with E-state index in [0.717, 1.165) is 6.08 Å². The van der Waals surface area contributed by atoms with E-state index in [9.17, 15) is 24.5 Å². The van der Waals surface area contributed by atoms with Crippen molar-refractivity contribution in [2.24, 2.45) is 0 Å². The molecule has 1 aromatic carbocycles. The first kappa shape index (κ1) is 18.0. The van der Waals surface area contributed by atoms with Gasteiger partial charge in [0, 0.05) is 6.07 Å². The summed E-state index contributed by atoms with van der Waals surface area (Å²) in [5.41, 5.74) is -0.941. The maximum Gasteiger partial charge on any atom is 0.379 e. The van der Waals surface area contributed by atoms with E-state index in [0.29, 0.717) is 0 Å². The molecule has 0 heterocycles. The number of benzene rings is 1. The Balaban J connectivity index is 3.35. The summed E-state index contributed by atoms with van der Waals surface area (Å²) < 4.78 is 9.28. The van der Waals surface area contributed by atoms with Gasteiger partial charge >= 0.3 is 11.9 Å². The maximum atomic E-state index is 12.0. The summed E-state index contributed by atoms with van der Waals surface area (Å²) in [5, 5.41) is 11.0. The minimum Gasteiger partial charge on any atom is -0.462 e. The number of nitro benzene ring substituents is 1. The molecule has 0 saturated carbocycles. The topological polar surface area (TPSA) is 113 Å². The van der Waals surface area contributed by atoms with Gasteiger partial charge in [0.1, 0.15) is 5.57 Å². The summed E-state index contributed by atoms with van der Waals surface area (Å²) in [6, 6.07) is 5.49. The van der Waals surface area contributed by atoms with Gasteiger partial charge in [0.15, 0.2) is 0 Å². The molecule has 0 aliphatic heterocycles. The van der Waals surface area contributed by atoms with Crippen LogP contribution < -0.4 is 0 Å². The fourth-order valence-electron chi connectivity index (χ4n) is 1.66. The molecule has 0 aromatic heterocycles. The number of rotatable bonds is 7. The molecule has 8 heteroatoms. The van der Waals surface area contributed by atoms with Crippen LogP contribution in [-0.2, 0) is 23.9 Å². The lowest BCUT2D eigenvalue weighted by Gasteiger charge is -2.06. The molecule has 0 aliphatic carbocycles. The minimum atomic E-state index is -1.23. The Morgan fingerprint density at radius 2 is 1.65 bits per heavy atom. The van der Waals surface area contributed by atoms with Gasteiger partial charge in [0.25, 0.3) is 11.5 Å². The van der Waals surface area contributed by atoms with Gasteiger partial charge in [0.2, 0.25) is 0 Å². The predicted molar refractivity (Wildman–Crippen MR) is 79.3 cm³/mol. The molecule has 122 valence electrons. The van der Waals surface area contributed by atoms with Crippen molar-refractivity contribution in [1.29, 1.82) is 0 Å². The molecule has 1 aromatic rings. The molecular weight excluding hydrogens is 306 g/mol. The van der Waals surface area contributed by atoms with Gasteiger partial charge in [-0.15, -0.1) is 0 Å². The summed E-state index contributed by atoms with van der Waals surface area (Å²) in [6.07, 6.45) is 0.954. The van der Waals surface area contributed by atoms with Gasteiger partial charge in [-0.3, -0.25) is 14.9 Å². The number of nitro groups is 1. The predicted octanol–water partition coefficient (Wildman–Crippen LogP) is 1.67. The average molecular weight is 321 g/mol. The molecule has 0 N–H and O–H groups in total. The second-order valence-electron chi connectivity index (χ2n) is 4.14. The van der Waals surface area contributed by atoms with Crippen molar-refractivity contribution in [3.05, 3.63) is 45.5 Å². The number of nitrogens with zero attached hydrogens (tertiary/aromatic N) is 1.